The molecule has 0 saturated carbocycles. The summed E-state index contributed by atoms with van der Waals surface area (Å²) in [7, 11) is 0. The third-order valence-corrected chi connectivity index (χ3v) is 8.82. The number of halogens is 6. The number of alkyl halides is 6. The number of benzene rings is 3. The zero-order valence-corrected chi connectivity index (χ0v) is 28.0. The lowest BCUT2D eigenvalue weighted by molar-refractivity contribution is -0.155. The summed E-state index contributed by atoms with van der Waals surface area (Å²) in [5.41, 5.74) is -0.776. The van der Waals surface area contributed by atoms with Crippen LogP contribution in [0, 0.1) is 5.92 Å². The predicted octanol–water partition coefficient (Wildman–Crippen LogP) is 7.09. The Morgan fingerprint density at radius 2 is 1.65 bits per heavy atom. The number of amides is 2. The lowest BCUT2D eigenvalue weighted by atomic mass is 9.93. The number of anilines is 1. The molecule has 3 aromatic carbocycles. The van der Waals surface area contributed by atoms with Crippen molar-refractivity contribution in [3.63, 3.8) is 0 Å². The van der Waals surface area contributed by atoms with Crippen LogP contribution < -0.4 is 16.0 Å². The number of aliphatic hydroxyl groups is 1. The van der Waals surface area contributed by atoms with Crippen molar-refractivity contribution >= 4 is 28.4 Å². The van der Waals surface area contributed by atoms with E-state index in [9.17, 15) is 41.0 Å². The summed E-state index contributed by atoms with van der Waals surface area (Å²) in [4.78, 5) is 33.7. The van der Waals surface area contributed by atoms with E-state index < -0.39 is 35.8 Å². The fourth-order valence-electron chi connectivity index (χ4n) is 6.15. The Morgan fingerprint density at radius 3 is 2.27 bits per heavy atom. The Kier molecular flexibility index (Phi) is 11.7. The monoisotopic (exact) mass is 715 g/mol. The van der Waals surface area contributed by atoms with Crippen LogP contribution in [0.1, 0.15) is 59.8 Å². The van der Waals surface area contributed by atoms with Gasteiger partial charge < -0.3 is 21.1 Å². The first-order valence-corrected chi connectivity index (χ1v) is 16.6. The number of rotatable bonds is 11. The first kappa shape index (κ1) is 37.7. The van der Waals surface area contributed by atoms with E-state index >= 15 is 0 Å². The summed E-state index contributed by atoms with van der Waals surface area (Å²) in [5, 5.41) is 17.5. The first-order chi connectivity index (χ1) is 24.2. The zero-order chi connectivity index (χ0) is 36.9. The summed E-state index contributed by atoms with van der Waals surface area (Å²) in [6.07, 6.45) is -8.30. The molecule has 1 aliphatic rings. The van der Waals surface area contributed by atoms with Gasteiger partial charge in [-0.15, -0.1) is 0 Å². The molecule has 8 nitrogen and oxygen atoms in total. The normalized spacial score (nSPS) is 15.3. The number of hydrogen-bond acceptors (Lipinski definition) is 6. The number of fused-ring (bicyclic) bond motifs is 1. The zero-order valence-electron chi connectivity index (χ0n) is 28.0. The van der Waals surface area contributed by atoms with Gasteiger partial charge in [-0.1, -0.05) is 56.3 Å². The molecule has 272 valence electrons. The second kappa shape index (κ2) is 15.8. The summed E-state index contributed by atoms with van der Waals surface area (Å²) < 4.78 is 85.4. The maximum atomic E-state index is 14.6. The van der Waals surface area contributed by atoms with Gasteiger partial charge >= 0.3 is 12.4 Å². The van der Waals surface area contributed by atoms with E-state index in [0.29, 0.717) is 32.5 Å². The molecule has 1 aliphatic heterocycles. The first-order valence-electron chi connectivity index (χ1n) is 16.6. The maximum Gasteiger partial charge on any atom is 0.416 e. The highest BCUT2D eigenvalue weighted by Crippen LogP contribution is 2.38. The predicted molar refractivity (Wildman–Crippen MR) is 182 cm³/mol. The van der Waals surface area contributed by atoms with Crippen LogP contribution in [-0.2, 0) is 17.5 Å². The van der Waals surface area contributed by atoms with Crippen LogP contribution in [-0.4, -0.2) is 65.3 Å². The number of piperidine rings is 1. The van der Waals surface area contributed by atoms with Crippen molar-refractivity contribution in [3.05, 3.63) is 95.1 Å². The summed E-state index contributed by atoms with van der Waals surface area (Å²) >= 11 is 0. The number of aliphatic hydroxyl groups excluding tert-OH is 1. The Hall–Kier alpha value is -4.53. The van der Waals surface area contributed by atoms with Crippen LogP contribution in [0.4, 0.5) is 32.0 Å². The minimum Gasteiger partial charge on any atom is -0.395 e. The number of likely N-dealkylation sites (tertiary alicyclic amines) is 1. The van der Waals surface area contributed by atoms with Crippen LogP contribution in [0.15, 0.2) is 72.8 Å². The van der Waals surface area contributed by atoms with Crippen LogP contribution in [0.2, 0.25) is 0 Å². The van der Waals surface area contributed by atoms with Gasteiger partial charge in [-0.25, -0.2) is 4.98 Å². The van der Waals surface area contributed by atoms with Crippen molar-refractivity contribution in [1.29, 1.82) is 0 Å². The molecule has 1 unspecified atom stereocenters. The lowest BCUT2D eigenvalue weighted by Crippen LogP contribution is -2.43. The van der Waals surface area contributed by atoms with Gasteiger partial charge in [0, 0.05) is 47.2 Å². The lowest BCUT2D eigenvalue weighted by Gasteiger charge is -2.33. The van der Waals surface area contributed by atoms with E-state index in [-0.39, 0.29) is 69.6 Å². The van der Waals surface area contributed by atoms with Gasteiger partial charge in [0.05, 0.1) is 28.9 Å². The molecule has 1 atom stereocenters. The number of pyridine rings is 1. The van der Waals surface area contributed by atoms with Gasteiger partial charge in [0.2, 0.25) is 5.91 Å². The van der Waals surface area contributed by atoms with Crippen molar-refractivity contribution in [1.82, 2.24) is 20.5 Å². The van der Waals surface area contributed by atoms with E-state index in [1.54, 1.807) is 19.9 Å². The molecule has 2 amide bonds. The van der Waals surface area contributed by atoms with Crippen LogP contribution in [0.5, 0.6) is 0 Å². The van der Waals surface area contributed by atoms with Crippen molar-refractivity contribution in [2.45, 2.75) is 57.7 Å². The molecule has 51 heavy (non-hydrogen) atoms. The molecule has 5 rings (SSSR count). The Morgan fingerprint density at radius 1 is 0.941 bits per heavy atom. The molecular weight excluding hydrogens is 676 g/mol. The Balaban J connectivity index is 1.72. The number of nitrogens with zero attached hydrogens (tertiary/aromatic N) is 2. The molecule has 4 N–H and O–H groups in total. The number of nitrogens with one attached hydrogen (secondary N) is 3. The molecule has 0 aliphatic carbocycles. The Labute approximate surface area is 291 Å². The molecule has 1 aromatic heterocycles. The van der Waals surface area contributed by atoms with E-state index in [4.69, 9.17) is 4.98 Å². The summed E-state index contributed by atoms with van der Waals surface area (Å²) in [6.45, 7) is 4.69. The standard InChI is InChI=1S/C37H39F6N5O3/c1-22(2)34(50)45-27-11-12-30-28(20-27)31(35(51)47-33(37(41,42)43)23-7-4-3-5-8-23)29(21-48-16-13-26(14-17-48)44-15-18-49)32(46-30)24-9-6-10-25(19-24)36(38,39)40/h3-12,19-20,22,26,33,44,49H,13-18,21H2,1-2H3,(H,45,50)(H,47,51). The molecule has 2 heterocycles. The summed E-state index contributed by atoms with van der Waals surface area (Å²) in [5.74, 6) is -1.86. The third kappa shape index (κ3) is 9.23. The van der Waals surface area contributed by atoms with Crippen LogP contribution >= 0.6 is 0 Å². The molecule has 4 aromatic rings. The quantitative estimate of drug-likeness (QED) is 0.124. The fraction of sp³-hybridized carbons (Fsp3) is 0.378. The highest BCUT2D eigenvalue weighted by Gasteiger charge is 2.42. The van der Waals surface area contributed by atoms with E-state index in [1.165, 1.54) is 54.6 Å². The average Bonchev–Trinajstić information content (AvgIpc) is 3.09. The Bertz CT molecular complexity index is 1840. The molecule has 0 spiro atoms. The van der Waals surface area contributed by atoms with Crippen molar-refractivity contribution in [2.24, 2.45) is 5.92 Å². The van der Waals surface area contributed by atoms with E-state index in [2.05, 4.69) is 16.0 Å². The fourth-order valence-corrected chi connectivity index (χ4v) is 6.15. The molecule has 1 fully saturated rings. The smallest absolute Gasteiger partial charge is 0.395 e. The van der Waals surface area contributed by atoms with Crippen molar-refractivity contribution in [2.75, 3.05) is 31.6 Å². The van der Waals surface area contributed by atoms with Gasteiger partial charge in [0.25, 0.3) is 5.91 Å². The third-order valence-electron chi connectivity index (χ3n) is 8.82. The van der Waals surface area contributed by atoms with Crippen LogP contribution in [0.25, 0.3) is 22.2 Å². The minimum atomic E-state index is -4.90. The second-order valence-electron chi connectivity index (χ2n) is 12.9. The number of aromatic nitrogens is 1. The molecule has 0 bridgehead atoms. The minimum absolute atomic E-state index is 0.0153. The van der Waals surface area contributed by atoms with Crippen LogP contribution in [0.3, 0.4) is 0 Å². The molecular formula is C37H39F6N5O3. The topological polar surface area (TPSA) is 107 Å². The average molecular weight is 716 g/mol. The van der Waals surface area contributed by atoms with Gasteiger partial charge in [0.15, 0.2) is 6.04 Å². The van der Waals surface area contributed by atoms with Gasteiger partial charge in [0.1, 0.15) is 0 Å². The van der Waals surface area contributed by atoms with Crippen molar-refractivity contribution < 1.29 is 41.0 Å². The number of carbonyl (C=O) groups excluding carboxylic acids is 2. The van der Waals surface area contributed by atoms with Crippen molar-refractivity contribution in [3.8, 4) is 11.3 Å². The van der Waals surface area contributed by atoms with E-state index in [0.717, 1.165) is 12.1 Å². The van der Waals surface area contributed by atoms with Gasteiger partial charge in [-0.2, -0.15) is 26.3 Å². The number of hydrogen-bond donors (Lipinski definition) is 4. The second-order valence-corrected chi connectivity index (χ2v) is 12.9. The number of carbonyl (C=O) groups is 2. The SMILES string of the molecule is CC(C)C(=O)Nc1ccc2nc(-c3cccc(C(F)(F)F)c3)c(CN3CCC(NCCO)CC3)c(C(=O)NC(c3ccccc3)C(F)(F)F)c2c1. The molecule has 1 saturated heterocycles. The van der Waals surface area contributed by atoms with Gasteiger partial charge in [-0.3, -0.25) is 14.5 Å². The molecule has 14 heteroatoms. The molecule has 0 radical (unpaired) electrons. The summed E-state index contributed by atoms with van der Waals surface area (Å²) in [6, 6.07) is 13.4. The highest BCUT2D eigenvalue weighted by atomic mass is 19.4. The van der Waals surface area contributed by atoms with Gasteiger partial charge in [-0.05, 0) is 61.8 Å². The maximum absolute atomic E-state index is 14.6. The largest absolute Gasteiger partial charge is 0.416 e. The highest BCUT2D eigenvalue weighted by molar-refractivity contribution is 6.10. The van der Waals surface area contributed by atoms with E-state index in [1.807, 2.05) is 4.90 Å².